The molecule has 0 unspecified atom stereocenters. The Bertz CT molecular complexity index is 301. The van der Waals surface area contributed by atoms with Crippen LogP contribution in [0.15, 0.2) is 12.7 Å². The molecule has 1 aromatic heterocycles. The minimum atomic E-state index is 0.756. The smallest absolute Gasteiger partial charge is 0.132 e. The minimum Gasteiger partial charge on any atom is -0.225 e. The third-order valence-electron chi connectivity index (χ3n) is 3.95. The van der Waals surface area contributed by atoms with Crippen molar-refractivity contribution in [2.75, 3.05) is 0 Å². The third kappa shape index (κ3) is 8.23. The van der Waals surface area contributed by atoms with E-state index in [0.717, 1.165) is 18.2 Å². The molecule has 0 saturated heterocycles. The molecule has 3 nitrogen and oxygen atoms in total. The van der Waals surface area contributed by atoms with Crippen LogP contribution < -0.4 is 0 Å². The van der Waals surface area contributed by atoms with Gasteiger partial charge in [0.05, 0.1) is 0 Å². The van der Waals surface area contributed by atoms with Crippen molar-refractivity contribution in [2.24, 2.45) is 5.92 Å². The lowest BCUT2D eigenvalue weighted by molar-refractivity contribution is 0.397. The van der Waals surface area contributed by atoms with E-state index in [4.69, 9.17) is 0 Å². The summed E-state index contributed by atoms with van der Waals surface area (Å²) < 4.78 is 0. The average molecular weight is 277 g/mol. The molecule has 0 radical (unpaired) electrons. The molecule has 0 fully saturated rings. The minimum absolute atomic E-state index is 0.756. The zero-order valence-corrected chi connectivity index (χ0v) is 13.4. The van der Waals surface area contributed by atoms with Crippen molar-refractivity contribution >= 4 is 0 Å². The number of unbranched alkanes of at least 4 members (excludes halogenated alkanes) is 6. The molecule has 1 heterocycles. The van der Waals surface area contributed by atoms with E-state index in [1.807, 2.05) is 0 Å². The van der Waals surface area contributed by atoms with E-state index >= 15 is 0 Å². The summed E-state index contributed by atoms with van der Waals surface area (Å²) >= 11 is 0. The number of nitrogens with zero attached hydrogens (tertiary/aromatic N) is 3. The maximum absolute atomic E-state index is 4.29. The molecule has 0 aliphatic carbocycles. The molecule has 1 rings (SSSR count). The first-order valence-corrected chi connectivity index (χ1v) is 8.47. The summed E-state index contributed by atoms with van der Waals surface area (Å²) in [5.74, 6) is 1.72. The van der Waals surface area contributed by atoms with Crippen molar-refractivity contribution in [1.29, 1.82) is 0 Å². The number of rotatable bonds is 12. The molecule has 0 amide bonds. The van der Waals surface area contributed by atoms with Crippen LogP contribution in [0.2, 0.25) is 0 Å². The molecular formula is C17H31N3. The quantitative estimate of drug-likeness (QED) is 0.506. The maximum Gasteiger partial charge on any atom is 0.132 e. The lowest BCUT2D eigenvalue weighted by atomic mass is 9.91. The molecule has 0 aromatic carbocycles. The molecule has 0 N–H and O–H groups in total. The zero-order valence-electron chi connectivity index (χ0n) is 13.4. The standard InChI is InChI=1S/C17H31N3/c1-3-5-7-9-11-16(12-10-8-6-4-2)13-17-19-14-18-15-20-17/h14-16H,3-13H2,1-2H3. The summed E-state index contributed by atoms with van der Waals surface area (Å²) in [5.41, 5.74) is 0. The maximum atomic E-state index is 4.29. The molecule has 0 saturated carbocycles. The van der Waals surface area contributed by atoms with Gasteiger partial charge in [-0.15, -0.1) is 0 Å². The lowest BCUT2D eigenvalue weighted by Crippen LogP contribution is -2.08. The fourth-order valence-electron chi connectivity index (χ4n) is 2.69. The van der Waals surface area contributed by atoms with Crippen LogP contribution in [0.1, 0.15) is 83.9 Å². The van der Waals surface area contributed by atoms with E-state index in [1.165, 1.54) is 64.2 Å². The van der Waals surface area contributed by atoms with Gasteiger partial charge in [-0.1, -0.05) is 78.1 Å². The van der Waals surface area contributed by atoms with Gasteiger partial charge in [0.25, 0.3) is 0 Å². The predicted octanol–water partition coefficient (Wildman–Crippen LogP) is 4.97. The van der Waals surface area contributed by atoms with Crippen LogP contribution in [0.4, 0.5) is 0 Å². The van der Waals surface area contributed by atoms with Gasteiger partial charge in [0.2, 0.25) is 0 Å². The van der Waals surface area contributed by atoms with Gasteiger partial charge in [-0.25, -0.2) is 15.0 Å². The molecule has 0 atom stereocenters. The van der Waals surface area contributed by atoms with Gasteiger partial charge in [-0.05, 0) is 5.92 Å². The normalized spacial score (nSPS) is 11.2. The second-order valence-corrected chi connectivity index (χ2v) is 5.82. The van der Waals surface area contributed by atoms with Gasteiger partial charge in [0.15, 0.2) is 0 Å². The lowest BCUT2D eigenvalue weighted by Gasteiger charge is -2.15. The Hall–Kier alpha value is -0.990. The highest BCUT2D eigenvalue weighted by Gasteiger charge is 2.11. The summed E-state index contributed by atoms with van der Waals surface area (Å²) in [6.07, 6.45) is 17.8. The first-order valence-electron chi connectivity index (χ1n) is 8.47. The van der Waals surface area contributed by atoms with Gasteiger partial charge in [0.1, 0.15) is 18.5 Å². The molecule has 0 aliphatic heterocycles. The Morgan fingerprint density at radius 2 is 1.35 bits per heavy atom. The highest BCUT2D eigenvalue weighted by Crippen LogP contribution is 2.21. The average Bonchev–Trinajstić information content (AvgIpc) is 2.49. The summed E-state index contributed by atoms with van der Waals surface area (Å²) in [4.78, 5) is 12.5. The van der Waals surface area contributed by atoms with Crippen LogP contribution in [0.25, 0.3) is 0 Å². The van der Waals surface area contributed by atoms with E-state index < -0.39 is 0 Å². The molecule has 1 aromatic rings. The number of aromatic nitrogens is 3. The van der Waals surface area contributed by atoms with Crippen molar-refractivity contribution in [2.45, 2.75) is 84.5 Å². The van der Waals surface area contributed by atoms with Crippen LogP contribution in [-0.4, -0.2) is 15.0 Å². The van der Waals surface area contributed by atoms with Gasteiger partial charge in [0, 0.05) is 6.42 Å². The van der Waals surface area contributed by atoms with E-state index in [-0.39, 0.29) is 0 Å². The van der Waals surface area contributed by atoms with Gasteiger partial charge in [-0.2, -0.15) is 0 Å². The number of hydrogen-bond donors (Lipinski definition) is 0. The van der Waals surface area contributed by atoms with Gasteiger partial charge < -0.3 is 0 Å². The zero-order chi connectivity index (χ0) is 14.5. The SMILES string of the molecule is CCCCCCC(CCCCCC)Cc1ncncn1. The summed E-state index contributed by atoms with van der Waals surface area (Å²) in [6, 6.07) is 0. The first kappa shape index (κ1) is 17.1. The summed E-state index contributed by atoms with van der Waals surface area (Å²) in [5, 5.41) is 0. The van der Waals surface area contributed by atoms with E-state index in [9.17, 15) is 0 Å². The Kier molecular flexibility index (Phi) is 10.1. The van der Waals surface area contributed by atoms with Crippen LogP contribution in [-0.2, 0) is 6.42 Å². The largest absolute Gasteiger partial charge is 0.225 e. The van der Waals surface area contributed by atoms with E-state index in [2.05, 4.69) is 28.8 Å². The van der Waals surface area contributed by atoms with Crippen molar-refractivity contribution in [3.8, 4) is 0 Å². The predicted molar refractivity (Wildman–Crippen MR) is 84.5 cm³/mol. The molecular weight excluding hydrogens is 246 g/mol. The van der Waals surface area contributed by atoms with E-state index in [1.54, 1.807) is 12.7 Å². The van der Waals surface area contributed by atoms with Crippen LogP contribution in [0.3, 0.4) is 0 Å². The highest BCUT2D eigenvalue weighted by atomic mass is 15.0. The van der Waals surface area contributed by atoms with Gasteiger partial charge >= 0.3 is 0 Å². The Morgan fingerprint density at radius 1 is 0.800 bits per heavy atom. The fourth-order valence-corrected chi connectivity index (χ4v) is 2.69. The third-order valence-corrected chi connectivity index (χ3v) is 3.95. The van der Waals surface area contributed by atoms with Crippen molar-refractivity contribution in [1.82, 2.24) is 15.0 Å². The first-order chi connectivity index (χ1) is 9.86. The molecule has 0 aliphatic rings. The van der Waals surface area contributed by atoms with Crippen LogP contribution in [0.5, 0.6) is 0 Å². The molecule has 20 heavy (non-hydrogen) atoms. The van der Waals surface area contributed by atoms with Crippen molar-refractivity contribution in [3.63, 3.8) is 0 Å². The molecule has 0 spiro atoms. The summed E-state index contributed by atoms with van der Waals surface area (Å²) in [6.45, 7) is 4.54. The van der Waals surface area contributed by atoms with Gasteiger partial charge in [-0.3, -0.25) is 0 Å². The second-order valence-electron chi connectivity index (χ2n) is 5.82. The van der Waals surface area contributed by atoms with Crippen molar-refractivity contribution < 1.29 is 0 Å². The Balaban J connectivity index is 2.33. The Labute approximate surface area is 124 Å². The van der Waals surface area contributed by atoms with Crippen molar-refractivity contribution in [3.05, 3.63) is 18.5 Å². The molecule has 0 bridgehead atoms. The van der Waals surface area contributed by atoms with E-state index in [0.29, 0.717) is 0 Å². The Morgan fingerprint density at radius 3 is 1.85 bits per heavy atom. The highest BCUT2D eigenvalue weighted by molar-refractivity contribution is 4.84. The number of hydrogen-bond acceptors (Lipinski definition) is 3. The summed E-state index contributed by atoms with van der Waals surface area (Å²) in [7, 11) is 0. The van der Waals surface area contributed by atoms with Crippen LogP contribution in [0, 0.1) is 5.92 Å². The molecule has 3 heteroatoms. The fraction of sp³-hybridized carbons (Fsp3) is 0.824. The topological polar surface area (TPSA) is 38.7 Å². The second kappa shape index (κ2) is 11.8. The van der Waals surface area contributed by atoms with Crippen LogP contribution >= 0.6 is 0 Å². The monoisotopic (exact) mass is 277 g/mol. The molecule has 114 valence electrons.